The topological polar surface area (TPSA) is 75.3 Å². The molecular weight excluding hydrogens is 212 g/mol. The Bertz CT molecular complexity index is 200. The van der Waals surface area contributed by atoms with E-state index in [1.54, 1.807) is 11.8 Å². The molecule has 4 N–H and O–H groups in total. The van der Waals surface area contributed by atoms with Crippen molar-refractivity contribution in [1.29, 1.82) is 0 Å². The predicted octanol–water partition coefficient (Wildman–Crippen LogP) is 0.344. The van der Waals surface area contributed by atoms with Crippen molar-refractivity contribution in [2.24, 2.45) is 5.73 Å². The number of rotatable bonds is 8. The zero-order chi connectivity index (χ0) is 11.9. The van der Waals surface area contributed by atoms with Crippen LogP contribution in [0.3, 0.4) is 0 Å². The van der Waals surface area contributed by atoms with Crippen LogP contribution in [0.2, 0.25) is 0 Å². The van der Waals surface area contributed by atoms with E-state index in [4.69, 9.17) is 10.8 Å². The molecule has 0 aromatic carbocycles. The van der Waals surface area contributed by atoms with Crippen molar-refractivity contribution in [3.8, 4) is 0 Å². The number of hydrogen-bond acceptors (Lipinski definition) is 4. The van der Waals surface area contributed by atoms with Crippen molar-refractivity contribution >= 4 is 17.7 Å². The molecule has 15 heavy (non-hydrogen) atoms. The number of nitrogens with one attached hydrogen (secondary N) is 1. The number of thioether (sulfide) groups is 1. The largest absolute Gasteiger partial charge is 0.396 e. The molecule has 0 aromatic rings. The van der Waals surface area contributed by atoms with Gasteiger partial charge in [-0.05, 0) is 32.9 Å². The molecule has 0 aromatic heterocycles. The fourth-order valence-corrected chi connectivity index (χ4v) is 2.23. The number of carbonyl (C=O) groups excluding carboxylic acids is 1. The van der Waals surface area contributed by atoms with Gasteiger partial charge in [0.1, 0.15) is 0 Å². The maximum absolute atomic E-state index is 11.3. The summed E-state index contributed by atoms with van der Waals surface area (Å²) in [6, 6.07) is 0.227. The molecule has 0 spiro atoms. The predicted molar refractivity (Wildman–Crippen MR) is 64.9 cm³/mol. The standard InChI is InChI=1S/C10H22N2O2S/c1-8(2)12-10(3,9(11)14)4-6-15-7-5-13/h8,12-13H,4-7H2,1-3H3,(H2,11,14). The summed E-state index contributed by atoms with van der Waals surface area (Å²) in [7, 11) is 0. The zero-order valence-electron chi connectivity index (χ0n) is 9.75. The van der Waals surface area contributed by atoms with E-state index in [2.05, 4.69) is 5.32 Å². The van der Waals surface area contributed by atoms with Crippen LogP contribution in [0, 0.1) is 0 Å². The highest BCUT2D eigenvalue weighted by Gasteiger charge is 2.30. The van der Waals surface area contributed by atoms with E-state index in [-0.39, 0.29) is 18.6 Å². The third kappa shape index (κ3) is 6.02. The summed E-state index contributed by atoms with van der Waals surface area (Å²) in [5.74, 6) is 1.21. The third-order valence-corrected chi connectivity index (χ3v) is 3.10. The Morgan fingerprint density at radius 3 is 2.53 bits per heavy atom. The molecule has 0 aliphatic rings. The fourth-order valence-electron chi connectivity index (χ4n) is 1.35. The summed E-state index contributed by atoms with van der Waals surface area (Å²) in [6.45, 7) is 5.98. The van der Waals surface area contributed by atoms with Crippen molar-refractivity contribution in [2.75, 3.05) is 18.1 Å². The highest BCUT2D eigenvalue weighted by atomic mass is 32.2. The third-order valence-electron chi connectivity index (χ3n) is 2.13. The van der Waals surface area contributed by atoms with Crippen LogP contribution >= 0.6 is 11.8 Å². The van der Waals surface area contributed by atoms with Crippen molar-refractivity contribution in [1.82, 2.24) is 5.32 Å². The highest BCUT2D eigenvalue weighted by Crippen LogP contribution is 2.14. The first kappa shape index (κ1) is 14.7. The van der Waals surface area contributed by atoms with Gasteiger partial charge in [0.2, 0.25) is 5.91 Å². The number of nitrogens with two attached hydrogens (primary N) is 1. The average Bonchev–Trinajstić information content (AvgIpc) is 2.11. The van der Waals surface area contributed by atoms with Crippen LogP contribution in [0.1, 0.15) is 27.2 Å². The molecule has 0 saturated carbocycles. The van der Waals surface area contributed by atoms with Crippen molar-refractivity contribution in [2.45, 2.75) is 38.8 Å². The molecule has 5 heteroatoms. The number of primary amides is 1. The van der Waals surface area contributed by atoms with Crippen LogP contribution in [0.15, 0.2) is 0 Å². The molecule has 0 fully saturated rings. The molecule has 4 nitrogen and oxygen atoms in total. The van der Waals surface area contributed by atoms with E-state index in [9.17, 15) is 4.79 Å². The van der Waals surface area contributed by atoms with Gasteiger partial charge in [0.15, 0.2) is 0 Å². The summed E-state index contributed by atoms with van der Waals surface area (Å²) in [4.78, 5) is 11.3. The molecule has 0 heterocycles. The number of aliphatic hydroxyl groups is 1. The molecule has 0 saturated heterocycles. The second-order valence-electron chi connectivity index (χ2n) is 4.08. The normalized spacial score (nSPS) is 15.3. The lowest BCUT2D eigenvalue weighted by Gasteiger charge is -2.29. The van der Waals surface area contributed by atoms with Gasteiger partial charge in [-0.25, -0.2) is 0 Å². The van der Waals surface area contributed by atoms with E-state index < -0.39 is 5.54 Å². The number of aliphatic hydroxyl groups excluding tert-OH is 1. The molecule has 0 radical (unpaired) electrons. The highest BCUT2D eigenvalue weighted by molar-refractivity contribution is 7.99. The lowest BCUT2D eigenvalue weighted by atomic mass is 9.97. The van der Waals surface area contributed by atoms with Crippen LogP contribution in [-0.2, 0) is 4.79 Å². The molecular formula is C10H22N2O2S. The summed E-state index contributed by atoms with van der Waals surface area (Å²) < 4.78 is 0. The van der Waals surface area contributed by atoms with Crippen LogP contribution < -0.4 is 11.1 Å². The number of amides is 1. The van der Waals surface area contributed by atoms with Crippen LogP contribution in [-0.4, -0.2) is 40.7 Å². The lowest BCUT2D eigenvalue weighted by molar-refractivity contribution is -0.124. The summed E-state index contributed by atoms with van der Waals surface area (Å²) in [5.41, 5.74) is 4.73. The van der Waals surface area contributed by atoms with E-state index in [1.807, 2.05) is 20.8 Å². The van der Waals surface area contributed by atoms with Gasteiger partial charge in [0.05, 0.1) is 12.1 Å². The average molecular weight is 234 g/mol. The molecule has 90 valence electrons. The molecule has 0 rings (SSSR count). The van der Waals surface area contributed by atoms with Gasteiger partial charge in [0, 0.05) is 11.8 Å². The molecule has 0 aliphatic carbocycles. The Morgan fingerprint density at radius 2 is 2.13 bits per heavy atom. The summed E-state index contributed by atoms with van der Waals surface area (Å²) in [5, 5.41) is 11.8. The Labute approximate surface area is 96.0 Å². The maximum Gasteiger partial charge on any atom is 0.237 e. The minimum Gasteiger partial charge on any atom is -0.396 e. The van der Waals surface area contributed by atoms with Gasteiger partial charge in [-0.2, -0.15) is 11.8 Å². The van der Waals surface area contributed by atoms with E-state index in [0.29, 0.717) is 12.2 Å². The Hall–Kier alpha value is -0.260. The summed E-state index contributed by atoms with van der Waals surface area (Å²) in [6.07, 6.45) is 0.686. The van der Waals surface area contributed by atoms with Gasteiger partial charge in [-0.15, -0.1) is 0 Å². The second kappa shape index (κ2) is 7.09. The zero-order valence-corrected chi connectivity index (χ0v) is 10.6. The van der Waals surface area contributed by atoms with Crippen LogP contribution in [0.5, 0.6) is 0 Å². The van der Waals surface area contributed by atoms with E-state index >= 15 is 0 Å². The molecule has 0 aliphatic heterocycles. The smallest absolute Gasteiger partial charge is 0.237 e. The van der Waals surface area contributed by atoms with E-state index in [1.165, 1.54) is 0 Å². The Kier molecular flexibility index (Phi) is 6.96. The first-order valence-corrected chi connectivity index (χ1v) is 6.34. The second-order valence-corrected chi connectivity index (χ2v) is 5.31. The fraction of sp³-hybridized carbons (Fsp3) is 0.900. The van der Waals surface area contributed by atoms with Crippen LogP contribution in [0.4, 0.5) is 0 Å². The van der Waals surface area contributed by atoms with Gasteiger partial charge in [-0.3, -0.25) is 4.79 Å². The molecule has 1 unspecified atom stereocenters. The van der Waals surface area contributed by atoms with Crippen molar-refractivity contribution in [3.05, 3.63) is 0 Å². The van der Waals surface area contributed by atoms with Gasteiger partial charge < -0.3 is 16.2 Å². The van der Waals surface area contributed by atoms with Gasteiger partial charge in [-0.1, -0.05) is 0 Å². The van der Waals surface area contributed by atoms with Crippen LogP contribution in [0.25, 0.3) is 0 Å². The number of hydrogen-bond donors (Lipinski definition) is 3. The first-order chi connectivity index (χ1) is 6.92. The molecule has 1 atom stereocenters. The molecule has 0 bridgehead atoms. The Morgan fingerprint density at radius 1 is 1.53 bits per heavy atom. The lowest BCUT2D eigenvalue weighted by Crippen LogP contribution is -2.55. The van der Waals surface area contributed by atoms with Gasteiger partial charge in [0.25, 0.3) is 0 Å². The monoisotopic (exact) mass is 234 g/mol. The quantitative estimate of drug-likeness (QED) is 0.530. The SMILES string of the molecule is CC(C)NC(C)(CCSCCO)C(N)=O. The summed E-state index contributed by atoms with van der Waals surface area (Å²) >= 11 is 1.63. The van der Waals surface area contributed by atoms with E-state index in [0.717, 1.165) is 5.75 Å². The maximum atomic E-state index is 11.3. The minimum absolute atomic E-state index is 0.176. The first-order valence-electron chi connectivity index (χ1n) is 5.18. The van der Waals surface area contributed by atoms with Gasteiger partial charge >= 0.3 is 0 Å². The van der Waals surface area contributed by atoms with Crippen molar-refractivity contribution < 1.29 is 9.90 Å². The minimum atomic E-state index is -0.642. The molecule has 1 amide bonds. The Balaban J connectivity index is 4.08. The number of carbonyl (C=O) groups is 1. The van der Waals surface area contributed by atoms with Crippen molar-refractivity contribution in [3.63, 3.8) is 0 Å².